The summed E-state index contributed by atoms with van der Waals surface area (Å²) >= 11 is 0. The topological polar surface area (TPSA) is 85.2 Å². The van der Waals surface area contributed by atoms with E-state index in [1.165, 1.54) is 0 Å². The van der Waals surface area contributed by atoms with Crippen molar-refractivity contribution >= 4 is 17.6 Å². The molecule has 2 rings (SSSR count). The van der Waals surface area contributed by atoms with Gasteiger partial charge in [-0.05, 0) is 38.0 Å². The van der Waals surface area contributed by atoms with E-state index in [0.717, 1.165) is 25.9 Å². The van der Waals surface area contributed by atoms with Gasteiger partial charge in [0.15, 0.2) is 0 Å². The van der Waals surface area contributed by atoms with Crippen LogP contribution in [-0.2, 0) is 4.79 Å². The van der Waals surface area contributed by atoms with E-state index in [1.807, 2.05) is 6.07 Å². The molecule has 1 atom stereocenters. The third kappa shape index (κ3) is 3.96. The number of amides is 3. The van der Waals surface area contributed by atoms with Gasteiger partial charge < -0.3 is 15.5 Å². The number of hydrogen-bond donors (Lipinski definition) is 2. The van der Waals surface area contributed by atoms with Crippen molar-refractivity contribution in [2.24, 2.45) is 0 Å². The summed E-state index contributed by atoms with van der Waals surface area (Å²) in [7, 11) is 0. The Balaban J connectivity index is 1.88. The summed E-state index contributed by atoms with van der Waals surface area (Å²) in [5, 5.41) is 14.0. The number of nitrogens with one attached hydrogen (secondary N) is 2. The van der Waals surface area contributed by atoms with Crippen LogP contribution in [0.4, 0.5) is 10.5 Å². The maximum absolute atomic E-state index is 12.1. The first kappa shape index (κ1) is 14.9. The van der Waals surface area contributed by atoms with Gasteiger partial charge in [-0.3, -0.25) is 4.79 Å². The molecule has 0 spiro atoms. The first-order valence-corrected chi connectivity index (χ1v) is 6.96. The van der Waals surface area contributed by atoms with E-state index in [-0.39, 0.29) is 5.91 Å². The number of carbonyl (C=O) groups excluding carboxylic acids is 2. The number of benzene rings is 1. The molecule has 0 aromatic heterocycles. The molecule has 1 saturated heterocycles. The number of urea groups is 1. The normalized spacial score (nSPS) is 15.1. The van der Waals surface area contributed by atoms with Crippen LogP contribution in [0, 0.1) is 11.3 Å². The monoisotopic (exact) mass is 286 g/mol. The highest BCUT2D eigenvalue weighted by atomic mass is 16.2. The van der Waals surface area contributed by atoms with Crippen LogP contribution in [0.3, 0.4) is 0 Å². The van der Waals surface area contributed by atoms with Gasteiger partial charge in [0.25, 0.3) is 0 Å². The van der Waals surface area contributed by atoms with Gasteiger partial charge in [-0.25, -0.2) is 4.79 Å². The Bertz CT molecular complexity index is 573. The second kappa shape index (κ2) is 6.75. The zero-order chi connectivity index (χ0) is 15.2. The van der Waals surface area contributed by atoms with Crippen LogP contribution in [-0.4, -0.2) is 36.0 Å². The fraction of sp³-hybridized carbons (Fsp3) is 0.400. The molecule has 0 saturated carbocycles. The van der Waals surface area contributed by atoms with Gasteiger partial charge in [-0.1, -0.05) is 6.07 Å². The molecule has 6 heteroatoms. The molecule has 1 aromatic carbocycles. The second-order valence-electron chi connectivity index (χ2n) is 5.05. The van der Waals surface area contributed by atoms with Crippen LogP contribution in [0.25, 0.3) is 0 Å². The molecular formula is C15H18N4O2. The molecule has 0 radical (unpaired) electrons. The molecule has 2 N–H and O–H groups in total. The maximum Gasteiger partial charge on any atom is 0.319 e. The van der Waals surface area contributed by atoms with E-state index in [9.17, 15) is 9.59 Å². The largest absolute Gasteiger partial charge is 0.341 e. The van der Waals surface area contributed by atoms with Crippen LogP contribution >= 0.6 is 0 Å². The van der Waals surface area contributed by atoms with Crippen molar-refractivity contribution in [3.8, 4) is 6.07 Å². The molecule has 1 fully saturated rings. The van der Waals surface area contributed by atoms with E-state index in [4.69, 9.17) is 5.26 Å². The Morgan fingerprint density at radius 2 is 2.05 bits per heavy atom. The van der Waals surface area contributed by atoms with E-state index < -0.39 is 12.1 Å². The summed E-state index contributed by atoms with van der Waals surface area (Å²) in [5.74, 6) is -0.0616. The zero-order valence-electron chi connectivity index (χ0n) is 11.9. The molecule has 0 aliphatic carbocycles. The Kier molecular flexibility index (Phi) is 4.77. The fourth-order valence-corrected chi connectivity index (χ4v) is 2.30. The minimum Gasteiger partial charge on any atom is -0.341 e. The van der Waals surface area contributed by atoms with Gasteiger partial charge in [-0.2, -0.15) is 5.26 Å². The Labute approximate surface area is 123 Å². The number of rotatable bonds is 3. The maximum atomic E-state index is 12.1. The lowest BCUT2D eigenvalue weighted by molar-refractivity contribution is -0.131. The molecule has 1 aliphatic rings. The first-order chi connectivity index (χ1) is 10.1. The van der Waals surface area contributed by atoms with Crippen molar-refractivity contribution < 1.29 is 9.59 Å². The lowest BCUT2D eigenvalue weighted by Gasteiger charge is -2.21. The van der Waals surface area contributed by atoms with Crippen molar-refractivity contribution in [2.75, 3.05) is 18.4 Å². The van der Waals surface area contributed by atoms with Crippen molar-refractivity contribution in [1.82, 2.24) is 10.2 Å². The quantitative estimate of drug-likeness (QED) is 0.886. The third-order valence-corrected chi connectivity index (χ3v) is 3.39. The standard InChI is InChI=1S/C15H18N4O2/c1-11(14(20)19-7-2-3-8-19)17-15(21)18-13-6-4-5-12(9-13)10-16/h4-6,9,11H,2-3,7-8H2,1H3,(H2,17,18,21). The molecule has 1 aromatic rings. The zero-order valence-corrected chi connectivity index (χ0v) is 11.9. The summed E-state index contributed by atoms with van der Waals surface area (Å²) in [6.45, 7) is 3.19. The van der Waals surface area contributed by atoms with Crippen molar-refractivity contribution in [1.29, 1.82) is 5.26 Å². The lowest BCUT2D eigenvalue weighted by atomic mass is 10.2. The van der Waals surface area contributed by atoms with E-state index in [0.29, 0.717) is 11.3 Å². The number of likely N-dealkylation sites (tertiary alicyclic amines) is 1. The highest BCUT2D eigenvalue weighted by Crippen LogP contribution is 2.11. The highest BCUT2D eigenvalue weighted by molar-refractivity contribution is 5.93. The molecule has 3 amide bonds. The Morgan fingerprint density at radius 1 is 1.33 bits per heavy atom. The van der Waals surface area contributed by atoms with E-state index >= 15 is 0 Å². The van der Waals surface area contributed by atoms with Crippen LogP contribution in [0.2, 0.25) is 0 Å². The minimum atomic E-state index is -0.567. The van der Waals surface area contributed by atoms with E-state index in [2.05, 4.69) is 10.6 Å². The fourth-order valence-electron chi connectivity index (χ4n) is 2.30. The molecule has 1 unspecified atom stereocenters. The third-order valence-electron chi connectivity index (χ3n) is 3.39. The van der Waals surface area contributed by atoms with Crippen LogP contribution < -0.4 is 10.6 Å². The predicted octanol–water partition coefficient (Wildman–Crippen LogP) is 1.69. The van der Waals surface area contributed by atoms with Crippen LogP contribution in [0.15, 0.2) is 24.3 Å². The minimum absolute atomic E-state index is 0.0616. The molecule has 6 nitrogen and oxygen atoms in total. The van der Waals surface area contributed by atoms with Gasteiger partial charge in [0.05, 0.1) is 11.6 Å². The molecule has 21 heavy (non-hydrogen) atoms. The van der Waals surface area contributed by atoms with Crippen LogP contribution in [0.5, 0.6) is 0 Å². The van der Waals surface area contributed by atoms with Gasteiger partial charge in [0, 0.05) is 18.8 Å². The molecule has 0 bridgehead atoms. The number of nitrogens with zero attached hydrogens (tertiary/aromatic N) is 2. The summed E-state index contributed by atoms with van der Waals surface area (Å²) in [5.41, 5.74) is 0.987. The smallest absolute Gasteiger partial charge is 0.319 e. The lowest BCUT2D eigenvalue weighted by Crippen LogP contribution is -2.47. The number of anilines is 1. The number of hydrogen-bond acceptors (Lipinski definition) is 3. The van der Waals surface area contributed by atoms with E-state index in [1.54, 1.807) is 36.1 Å². The molecule has 1 heterocycles. The van der Waals surface area contributed by atoms with Gasteiger partial charge in [0.2, 0.25) is 5.91 Å². The van der Waals surface area contributed by atoms with Gasteiger partial charge in [0.1, 0.15) is 6.04 Å². The SMILES string of the molecule is CC(NC(=O)Nc1cccc(C#N)c1)C(=O)N1CCCC1. The second-order valence-corrected chi connectivity index (χ2v) is 5.05. The average Bonchev–Trinajstić information content (AvgIpc) is 3.00. The van der Waals surface area contributed by atoms with Crippen LogP contribution in [0.1, 0.15) is 25.3 Å². The molecule has 110 valence electrons. The first-order valence-electron chi connectivity index (χ1n) is 6.96. The summed E-state index contributed by atoms with van der Waals surface area (Å²) < 4.78 is 0. The Hall–Kier alpha value is -2.55. The molecule has 1 aliphatic heterocycles. The summed E-state index contributed by atoms with van der Waals surface area (Å²) in [6.07, 6.45) is 2.04. The summed E-state index contributed by atoms with van der Waals surface area (Å²) in [4.78, 5) is 25.7. The Morgan fingerprint density at radius 3 is 2.71 bits per heavy atom. The highest BCUT2D eigenvalue weighted by Gasteiger charge is 2.24. The van der Waals surface area contributed by atoms with Gasteiger partial charge >= 0.3 is 6.03 Å². The average molecular weight is 286 g/mol. The number of nitriles is 1. The van der Waals surface area contributed by atoms with Crippen molar-refractivity contribution in [2.45, 2.75) is 25.8 Å². The van der Waals surface area contributed by atoms with Crippen molar-refractivity contribution in [3.63, 3.8) is 0 Å². The predicted molar refractivity (Wildman–Crippen MR) is 78.6 cm³/mol. The molecular weight excluding hydrogens is 268 g/mol. The summed E-state index contributed by atoms with van der Waals surface area (Å²) in [6, 6.07) is 7.59. The number of carbonyl (C=O) groups is 2. The van der Waals surface area contributed by atoms with Gasteiger partial charge in [-0.15, -0.1) is 0 Å². The van der Waals surface area contributed by atoms with Crippen molar-refractivity contribution in [3.05, 3.63) is 29.8 Å².